The van der Waals surface area contributed by atoms with Crippen LogP contribution >= 0.6 is 15.9 Å². The van der Waals surface area contributed by atoms with Gasteiger partial charge in [-0.15, -0.1) is 0 Å². The van der Waals surface area contributed by atoms with Crippen LogP contribution in [0.4, 0.5) is 11.4 Å². The summed E-state index contributed by atoms with van der Waals surface area (Å²) in [5.74, 6) is -1.82. The highest BCUT2D eigenvalue weighted by molar-refractivity contribution is 9.10. The Morgan fingerprint density at radius 3 is 2.28 bits per heavy atom. The zero-order valence-corrected chi connectivity index (χ0v) is 22.6. The quantitative estimate of drug-likeness (QED) is 0.141. The molecule has 0 spiro atoms. The van der Waals surface area contributed by atoms with Gasteiger partial charge in [-0.2, -0.15) is 5.10 Å². The van der Waals surface area contributed by atoms with Gasteiger partial charge in [0.05, 0.1) is 17.5 Å². The first kappa shape index (κ1) is 27.3. The summed E-state index contributed by atoms with van der Waals surface area (Å²) in [6.07, 6.45) is 1.39. The molecule has 0 saturated heterocycles. The number of hydrogen-bond acceptors (Lipinski definition) is 5. The second-order valence-electron chi connectivity index (χ2n) is 8.47. The lowest BCUT2D eigenvalue weighted by Crippen LogP contribution is -2.33. The molecule has 8 nitrogen and oxygen atoms in total. The number of anilines is 2. The van der Waals surface area contributed by atoms with Crippen molar-refractivity contribution >= 4 is 51.2 Å². The second kappa shape index (κ2) is 13.2. The minimum absolute atomic E-state index is 0.193. The van der Waals surface area contributed by atoms with Crippen LogP contribution in [0.1, 0.15) is 27.0 Å². The Morgan fingerprint density at radius 1 is 0.821 bits per heavy atom. The van der Waals surface area contributed by atoms with Crippen LogP contribution in [0.5, 0.6) is 5.75 Å². The summed E-state index contributed by atoms with van der Waals surface area (Å²) in [4.78, 5) is 37.7. The predicted molar refractivity (Wildman–Crippen MR) is 155 cm³/mol. The van der Waals surface area contributed by atoms with E-state index < -0.39 is 17.7 Å². The number of nitrogens with zero attached hydrogens (tertiary/aromatic N) is 1. The molecule has 3 N–H and O–H groups in total. The summed E-state index contributed by atoms with van der Waals surface area (Å²) in [7, 11) is 0. The third kappa shape index (κ3) is 7.86. The van der Waals surface area contributed by atoms with Crippen LogP contribution in [0.15, 0.2) is 107 Å². The molecule has 0 bridgehead atoms. The molecule has 0 aliphatic rings. The maximum absolute atomic E-state index is 12.8. The van der Waals surface area contributed by atoms with Gasteiger partial charge in [0.15, 0.2) is 0 Å². The number of hydrogen-bond donors (Lipinski definition) is 3. The van der Waals surface area contributed by atoms with E-state index in [4.69, 9.17) is 4.74 Å². The summed E-state index contributed by atoms with van der Waals surface area (Å²) in [5.41, 5.74) is 5.89. The van der Waals surface area contributed by atoms with E-state index in [1.54, 1.807) is 48.5 Å². The number of rotatable bonds is 8. The Labute approximate surface area is 234 Å². The van der Waals surface area contributed by atoms with Gasteiger partial charge in [0.2, 0.25) is 0 Å². The Bertz CT molecular complexity index is 1500. The fourth-order valence-electron chi connectivity index (χ4n) is 3.48. The number of halogens is 1. The maximum Gasteiger partial charge on any atom is 0.329 e. The first-order valence-corrected chi connectivity index (χ1v) is 12.8. The van der Waals surface area contributed by atoms with Gasteiger partial charge in [-0.1, -0.05) is 70.0 Å². The minimum atomic E-state index is -0.992. The van der Waals surface area contributed by atoms with Gasteiger partial charge in [0.25, 0.3) is 5.91 Å². The number of nitrogens with one attached hydrogen (secondary N) is 3. The third-order valence-electron chi connectivity index (χ3n) is 5.53. The fraction of sp³-hybridized carbons (Fsp3) is 0.0667. The Hall–Kier alpha value is -4.76. The molecule has 0 aliphatic carbocycles. The highest BCUT2D eigenvalue weighted by Gasteiger charge is 2.18. The van der Waals surface area contributed by atoms with Gasteiger partial charge < -0.3 is 15.4 Å². The zero-order valence-electron chi connectivity index (χ0n) is 21.0. The molecule has 0 atom stereocenters. The van der Waals surface area contributed by atoms with E-state index in [2.05, 4.69) is 37.1 Å². The number of ether oxygens (including phenoxy) is 1. The largest absolute Gasteiger partial charge is 0.488 e. The van der Waals surface area contributed by atoms with E-state index in [-0.39, 0.29) is 11.3 Å². The van der Waals surface area contributed by atoms with Crippen molar-refractivity contribution < 1.29 is 19.1 Å². The minimum Gasteiger partial charge on any atom is -0.488 e. The molecule has 9 heteroatoms. The number of aryl methyl sites for hydroxylation is 1. The van der Waals surface area contributed by atoms with Crippen molar-refractivity contribution in [3.8, 4) is 5.75 Å². The van der Waals surface area contributed by atoms with Gasteiger partial charge in [-0.3, -0.25) is 14.4 Å². The van der Waals surface area contributed by atoms with Crippen LogP contribution in [0.3, 0.4) is 0 Å². The molecule has 0 saturated carbocycles. The van der Waals surface area contributed by atoms with Gasteiger partial charge in [-0.25, -0.2) is 5.43 Å². The highest BCUT2D eigenvalue weighted by Crippen LogP contribution is 2.20. The molecule has 0 aromatic heterocycles. The van der Waals surface area contributed by atoms with Crippen LogP contribution in [-0.4, -0.2) is 23.9 Å². The third-order valence-corrected chi connectivity index (χ3v) is 6.06. The number of carbonyl (C=O) groups excluding carboxylic acids is 3. The molecule has 0 aliphatic heterocycles. The van der Waals surface area contributed by atoms with Crippen molar-refractivity contribution in [1.29, 1.82) is 0 Å². The second-order valence-corrected chi connectivity index (χ2v) is 9.39. The summed E-state index contributed by atoms with van der Waals surface area (Å²) < 4.78 is 6.87. The summed E-state index contributed by atoms with van der Waals surface area (Å²) in [6, 6.07) is 28.7. The van der Waals surface area contributed by atoms with Crippen LogP contribution in [-0.2, 0) is 16.2 Å². The van der Waals surface area contributed by atoms with E-state index >= 15 is 0 Å². The van der Waals surface area contributed by atoms with Crippen LogP contribution in [0.25, 0.3) is 0 Å². The zero-order chi connectivity index (χ0) is 27.6. The summed E-state index contributed by atoms with van der Waals surface area (Å²) in [5, 5.41) is 9.16. The van der Waals surface area contributed by atoms with Crippen molar-refractivity contribution in [3.05, 3.63) is 124 Å². The summed E-state index contributed by atoms with van der Waals surface area (Å²) in [6.45, 7) is 2.30. The lowest BCUT2D eigenvalue weighted by Gasteiger charge is -2.11. The van der Waals surface area contributed by atoms with E-state index in [9.17, 15) is 14.4 Å². The smallest absolute Gasteiger partial charge is 0.329 e. The van der Waals surface area contributed by atoms with Crippen molar-refractivity contribution in [1.82, 2.24) is 5.43 Å². The fourth-order valence-corrected chi connectivity index (χ4v) is 3.74. The normalized spacial score (nSPS) is 10.6. The van der Waals surface area contributed by atoms with Crippen LogP contribution in [0.2, 0.25) is 0 Å². The number of hydrazone groups is 1. The molecule has 4 aromatic rings. The van der Waals surface area contributed by atoms with Gasteiger partial charge >= 0.3 is 11.8 Å². The Kier molecular flexibility index (Phi) is 9.20. The first-order valence-electron chi connectivity index (χ1n) is 12.0. The SMILES string of the molecule is Cc1ccc(NC(=O)c2ccccc2NC(=O)C(=O)NN=Cc2ccccc2OCc2ccc(Br)cc2)cc1. The van der Waals surface area contributed by atoms with Crippen molar-refractivity contribution in [3.63, 3.8) is 0 Å². The molecule has 0 radical (unpaired) electrons. The van der Waals surface area contributed by atoms with Crippen molar-refractivity contribution in [2.45, 2.75) is 13.5 Å². The van der Waals surface area contributed by atoms with Gasteiger partial charge in [-0.05, 0) is 61.0 Å². The van der Waals surface area contributed by atoms with Crippen molar-refractivity contribution in [2.75, 3.05) is 10.6 Å². The molecule has 39 heavy (non-hydrogen) atoms. The molecule has 4 aromatic carbocycles. The maximum atomic E-state index is 12.8. The molecular weight excluding hydrogens is 560 g/mol. The average Bonchev–Trinajstić information content (AvgIpc) is 2.94. The number of amides is 3. The number of benzene rings is 4. The van der Waals surface area contributed by atoms with Gasteiger partial charge in [0.1, 0.15) is 12.4 Å². The predicted octanol–water partition coefficient (Wildman–Crippen LogP) is 5.68. The lowest BCUT2D eigenvalue weighted by atomic mass is 10.1. The molecule has 196 valence electrons. The van der Waals surface area contributed by atoms with Gasteiger partial charge in [0, 0.05) is 15.7 Å². The van der Waals surface area contributed by atoms with E-state index in [0.717, 1.165) is 15.6 Å². The Balaban J connectivity index is 1.35. The first-order chi connectivity index (χ1) is 18.9. The van der Waals surface area contributed by atoms with E-state index in [1.165, 1.54) is 12.3 Å². The van der Waals surface area contributed by atoms with E-state index in [1.807, 2.05) is 49.4 Å². The topological polar surface area (TPSA) is 109 Å². The van der Waals surface area contributed by atoms with E-state index in [0.29, 0.717) is 23.6 Å². The van der Waals surface area contributed by atoms with Crippen LogP contribution in [0, 0.1) is 6.92 Å². The molecule has 0 heterocycles. The lowest BCUT2D eigenvalue weighted by molar-refractivity contribution is -0.136. The molecule has 3 amide bonds. The standard InChI is InChI=1S/C30H25BrN4O4/c1-20-10-16-24(17-11-20)33-28(36)25-7-3-4-8-26(25)34-29(37)30(38)35-32-18-22-6-2-5-9-27(22)39-19-21-12-14-23(31)15-13-21/h2-18H,19H2,1H3,(H,33,36)(H,34,37)(H,35,38). The molecule has 0 fully saturated rings. The molecular formula is C30H25BrN4O4. The summed E-state index contributed by atoms with van der Waals surface area (Å²) >= 11 is 3.41. The average molecular weight is 585 g/mol. The number of carbonyl (C=O) groups is 3. The monoisotopic (exact) mass is 584 g/mol. The Morgan fingerprint density at radius 2 is 1.51 bits per heavy atom. The van der Waals surface area contributed by atoms with Crippen molar-refractivity contribution in [2.24, 2.45) is 5.10 Å². The highest BCUT2D eigenvalue weighted by atomic mass is 79.9. The molecule has 0 unspecified atom stereocenters. The van der Waals surface area contributed by atoms with Crippen LogP contribution < -0.4 is 20.8 Å². The molecule has 4 rings (SSSR count). The number of para-hydroxylation sites is 2.